The maximum atomic E-state index is 12.0. The van der Waals surface area contributed by atoms with E-state index >= 15 is 0 Å². The highest BCUT2D eigenvalue weighted by molar-refractivity contribution is 5.67. The van der Waals surface area contributed by atoms with Gasteiger partial charge in [-0.3, -0.25) is 0 Å². The van der Waals surface area contributed by atoms with E-state index in [4.69, 9.17) is 4.74 Å². The maximum Gasteiger partial charge on any atom is 0.409 e. The van der Waals surface area contributed by atoms with Gasteiger partial charge in [-0.15, -0.1) is 0 Å². The second-order valence-corrected chi connectivity index (χ2v) is 6.44. The van der Waals surface area contributed by atoms with E-state index in [9.17, 15) is 4.79 Å². The van der Waals surface area contributed by atoms with Crippen LogP contribution in [-0.4, -0.2) is 43.8 Å². The Kier molecular flexibility index (Phi) is 5.62. The van der Waals surface area contributed by atoms with Gasteiger partial charge < -0.3 is 15.0 Å². The van der Waals surface area contributed by atoms with Crippen LogP contribution in [0.3, 0.4) is 0 Å². The average Bonchev–Trinajstić information content (AvgIpc) is 2.53. The van der Waals surface area contributed by atoms with Gasteiger partial charge in [0, 0.05) is 26.2 Å². The van der Waals surface area contributed by atoms with Crippen molar-refractivity contribution in [3.05, 3.63) is 35.9 Å². The molecule has 1 N–H and O–H groups in total. The summed E-state index contributed by atoms with van der Waals surface area (Å²) in [6.45, 7) is 7.97. The number of amides is 1. The number of hydrogen-bond donors (Lipinski definition) is 1. The highest BCUT2D eigenvalue weighted by Crippen LogP contribution is 2.23. The number of ether oxygens (including phenoxy) is 1. The monoisotopic (exact) mass is 290 g/mol. The molecule has 1 aromatic rings. The van der Waals surface area contributed by atoms with Crippen molar-refractivity contribution in [3.63, 3.8) is 0 Å². The molecule has 116 valence electrons. The van der Waals surface area contributed by atoms with Gasteiger partial charge in [0.2, 0.25) is 0 Å². The average molecular weight is 290 g/mol. The minimum Gasteiger partial charge on any atom is -0.449 e. The zero-order valence-electron chi connectivity index (χ0n) is 13.1. The van der Waals surface area contributed by atoms with Crippen molar-refractivity contribution in [3.8, 4) is 0 Å². The van der Waals surface area contributed by atoms with Crippen LogP contribution >= 0.6 is 0 Å². The van der Waals surface area contributed by atoms with Crippen LogP contribution in [0, 0.1) is 5.41 Å². The quantitative estimate of drug-likeness (QED) is 0.906. The van der Waals surface area contributed by atoms with E-state index in [0.717, 1.165) is 39.0 Å². The molecule has 4 nitrogen and oxygen atoms in total. The molecule has 1 saturated heterocycles. The van der Waals surface area contributed by atoms with Gasteiger partial charge in [-0.2, -0.15) is 0 Å². The number of benzene rings is 1. The summed E-state index contributed by atoms with van der Waals surface area (Å²) in [4.78, 5) is 13.8. The minimum atomic E-state index is -0.177. The third kappa shape index (κ3) is 5.38. The van der Waals surface area contributed by atoms with Crippen molar-refractivity contribution in [1.29, 1.82) is 0 Å². The second-order valence-electron chi connectivity index (χ2n) is 6.44. The summed E-state index contributed by atoms with van der Waals surface area (Å²) in [6, 6.07) is 10.4. The molecule has 21 heavy (non-hydrogen) atoms. The van der Waals surface area contributed by atoms with E-state index in [1.54, 1.807) is 4.90 Å². The smallest absolute Gasteiger partial charge is 0.409 e. The lowest BCUT2D eigenvalue weighted by atomic mass is 9.87. The molecule has 1 heterocycles. The normalized spacial score (nSPS) is 15.8. The van der Waals surface area contributed by atoms with Crippen LogP contribution in [0.25, 0.3) is 0 Å². The summed E-state index contributed by atoms with van der Waals surface area (Å²) in [5, 5.41) is 3.23. The standard InChI is InChI=1S/C17H26N2O2/c1-17(2,9-8-15-6-4-3-5-7-15)14-21-16(20)19-12-10-18-11-13-19/h3-7,18H,8-14H2,1-2H3. The van der Waals surface area contributed by atoms with Gasteiger partial charge in [-0.05, 0) is 23.8 Å². The molecule has 0 saturated carbocycles. The summed E-state index contributed by atoms with van der Waals surface area (Å²) >= 11 is 0. The van der Waals surface area contributed by atoms with Crippen LogP contribution in [0.2, 0.25) is 0 Å². The number of nitrogens with zero attached hydrogens (tertiary/aromatic N) is 1. The Morgan fingerprint density at radius 2 is 1.90 bits per heavy atom. The van der Waals surface area contributed by atoms with Gasteiger partial charge in [0.15, 0.2) is 0 Å². The number of hydrogen-bond acceptors (Lipinski definition) is 3. The molecule has 1 aliphatic heterocycles. The molecule has 2 rings (SSSR count). The molecular weight excluding hydrogens is 264 g/mol. The van der Waals surface area contributed by atoms with Crippen LogP contribution in [-0.2, 0) is 11.2 Å². The fourth-order valence-corrected chi connectivity index (χ4v) is 2.40. The fraction of sp³-hybridized carbons (Fsp3) is 0.588. The predicted octanol–water partition coefficient (Wildman–Crippen LogP) is 2.69. The van der Waals surface area contributed by atoms with Crippen LogP contribution < -0.4 is 5.32 Å². The molecule has 0 unspecified atom stereocenters. The molecule has 0 radical (unpaired) electrons. The molecule has 1 aliphatic rings. The Labute approximate surface area is 127 Å². The molecule has 0 aromatic heterocycles. The van der Waals surface area contributed by atoms with Gasteiger partial charge in [-0.25, -0.2) is 4.79 Å². The van der Waals surface area contributed by atoms with Gasteiger partial charge in [0.05, 0.1) is 6.61 Å². The Morgan fingerprint density at radius 1 is 1.24 bits per heavy atom. The number of carbonyl (C=O) groups excluding carboxylic acids is 1. The first-order valence-electron chi connectivity index (χ1n) is 7.73. The number of piperazine rings is 1. The van der Waals surface area contributed by atoms with Crippen LogP contribution in [0.15, 0.2) is 30.3 Å². The van der Waals surface area contributed by atoms with E-state index in [-0.39, 0.29) is 11.5 Å². The number of nitrogens with one attached hydrogen (secondary N) is 1. The lowest BCUT2D eigenvalue weighted by molar-refractivity contribution is 0.0612. The van der Waals surface area contributed by atoms with Crippen molar-refractivity contribution < 1.29 is 9.53 Å². The molecule has 0 bridgehead atoms. The van der Waals surface area contributed by atoms with Crippen molar-refractivity contribution in [2.45, 2.75) is 26.7 Å². The van der Waals surface area contributed by atoms with Crippen LogP contribution in [0.1, 0.15) is 25.8 Å². The third-order valence-corrected chi connectivity index (χ3v) is 3.89. The summed E-state index contributed by atoms with van der Waals surface area (Å²) in [6.07, 6.45) is 1.84. The third-order valence-electron chi connectivity index (χ3n) is 3.89. The molecule has 1 aromatic carbocycles. The highest BCUT2D eigenvalue weighted by atomic mass is 16.6. The first-order chi connectivity index (χ1) is 10.1. The Morgan fingerprint density at radius 3 is 2.57 bits per heavy atom. The van der Waals surface area contributed by atoms with Gasteiger partial charge >= 0.3 is 6.09 Å². The van der Waals surface area contributed by atoms with E-state index in [0.29, 0.717) is 6.61 Å². The number of aryl methyl sites for hydroxylation is 1. The molecule has 4 heteroatoms. The molecule has 0 atom stereocenters. The van der Waals surface area contributed by atoms with Crippen molar-refractivity contribution in [2.24, 2.45) is 5.41 Å². The zero-order chi connectivity index (χ0) is 15.1. The minimum absolute atomic E-state index is 0.000458. The van der Waals surface area contributed by atoms with E-state index in [1.807, 2.05) is 6.07 Å². The number of carbonyl (C=O) groups is 1. The summed E-state index contributed by atoms with van der Waals surface area (Å²) in [7, 11) is 0. The SMILES string of the molecule is CC(C)(CCc1ccccc1)COC(=O)N1CCNCC1. The Balaban J connectivity index is 1.74. The van der Waals surface area contributed by atoms with Crippen LogP contribution in [0.5, 0.6) is 0 Å². The molecule has 0 spiro atoms. The largest absolute Gasteiger partial charge is 0.449 e. The fourth-order valence-electron chi connectivity index (χ4n) is 2.40. The van der Waals surface area contributed by atoms with E-state index in [1.165, 1.54) is 5.56 Å². The summed E-state index contributed by atoms with van der Waals surface area (Å²) in [5.41, 5.74) is 1.33. The van der Waals surface area contributed by atoms with Gasteiger partial charge in [0.25, 0.3) is 0 Å². The van der Waals surface area contributed by atoms with E-state index < -0.39 is 0 Å². The van der Waals surface area contributed by atoms with Gasteiger partial charge in [0.1, 0.15) is 0 Å². The number of rotatable bonds is 5. The van der Waals surface area contributed by atoms with Crippen LogP contribution in [0.4, 0.5) is 4.79 Å². The molecule has 1 fully saturated rings. The van der Waals surface area contributed by atoms with Crippen molar-refractivity contribution in [2.75, 3.05) is 32.8 Å². The zero-order valence-corrected chi connectivity index (χ0v) is 13.1. The Bertz CT molecular complexity index is 439. The van der Waals surface area contributed by atoms with Crippen molar-refractivity contribution in [1.82, 2.24) is 10.2 Å². The predicted molar refractivity (Wildman–Crippen MR) is 84.3 cm³/mol. The lowest BCUT2D eigenvalue weighted by Gasteiger charge is -2.29. The van der Waals surface area contributed by atoms with Gasteiger partial charge in [-0.1, -0.05) is 44.2 Å². The molecular formula is C17H26N2O2. The maximum absolute atomic E-state index is 12.0. The first kappa shape index (κ1) is 15.8. The second kappa shape index (κ2) is 7.46. The molecule has 1 amide bonds. The van der Waals surface area contributed by atoms with E-state index in [2.05, 4.69) is 43.4 Å². The molecule has 0 aliphatic carbocycles. The van der Waals surface area contributed by atoms with Crippen molar-refractivity contribution >= 4 is 6.09 Å². The first-order valence-corrected chi connectivity index (χ1v) is 7.73. The topological polar surface area (TPSA) is 41.6 Å². The summed E-state index contributed by atoms with van der Waals surface area (Å²) in [5.74, 6) is 0. The lowest BCUT2D eigenvalue weighted by Crippen LogP contribution is -2.47. The Hall–Kier alpha value is -1.55. The summed E-state index contributed by atoms with van der Waals surface area (Å²) < 4.78 is 5.49. The highest BCUT2D eigenvalue weighted by Gasteiger charge is 2.23.